The van der Waals surface area contributed by atoms with Crippen LogP contribution in [-0.2, 0) is 0 Å². The summed E-state index contributed by atoms with van der Waals surface area (Å²) in [6, 6.07) is 14.6. The van der Waals surface area contributed by atoms with Crippen LogP contribution in [0.4, 0.5) is 13.2 Å². The lowest BCUT2D eigenvalue weighted by Crippen LogP contribution is -2.17. The van der Waals surface area contributed by atoms with Gasteiger partial charge in [0.05, 0.1) is 0 Å². The van der Waals surface area contributed by atoms with E-state index in [1.165, 1.54) is 24.3 Å². The van der Waals surface area contributed by atoms with Gasteiger partial charge in [0.25, 0.3) is 0 Å². The Labute approximate surface area is 135 Å². The van der Waals surface area contributed by atoms with E-state index in [1.807, 2.05) is 18.3 Å². The Kier molecular flexibility index (Phi) is 4.12. The van der Waals surface area contributed by atoms with E-state index in [9.17, 15) is 18.0 Å². The van der Waals surface area contributed by atoms with Crippen LogP contribution >= 0.6 is 0 Å². The largest absolute Gasteiger partial charge is 0.573 e. The zero-order chi connectivity index (χ0) is 17.2. The van der Waals surface area contributed by atoms with Gasteiger partial charge in [0.2, 0.25) is 0 Å². The summed E-state index contributed by atoms with van der Waals surface area (Å²) in [5, 5.41) is 0. The van der Waals surface area contributed by atoms with Gasteiger partial charge in [-0.1, -0.05) is 18.2 Å². The molecule has 0 unspecified atom stereocenters. The summed E-state index contributed by atoms with van der Waals surface area (Å²) < 4.78 is 42.1. The SMILES string of the molecule is O=Cc1cccc(-c2ccn(-c3ccc(OC(F)(F)F)cc3)c2)c1. The minimum Gasteiger partial charge on any atom is -0.406 e. The maximum Gasteiger partial charge on any atom is 0.573 e. The molecular weight excluding hydrogens is 319 g/mol. The maximum atomic E-state index is 12.2. The molecular formula is C18H12F3NO2. The van der Waals surface area contributed by atoms with Crippen molar-refractivity contribution < 1.29 is 22.7 Å². The van der Waals surface area contributed by atoms with Crippen molar-refractivity contribution in [3.63, 3.8) is 0 Å². The van der Waals surface area contributed by atoms with Crippen LogP contribution in [0.1, 0.15) is 10.4 Å². The number of carbonyl (C=O) groups excluding carboxylic acids is 1. The fourth-order valence-corrected chi connectivity index (χ4v) is 2.34. The van der Waals surface area contributed by atoms with Gasteiger partial charge < -0.3 is 9.30 Å². The third kappa shape index (κ3) is 3.65. The Bertz CT molecular complexity index is 851. The number of hydrogen-bond acceptors (Lipinski definition) is 2. The van der Waals surface area contributed by atoms with E-state index < -0.39 is 6.36 Å². The first-order valence-corrected chi connectivity index (χ1v) is 7.04. The topological polar surface area (TPSA) is 31.2 Å². The monoisotopic (exact) mass is 331 g/mol. The first-order chi connectivity index (χ1) is 11.4. The predicted molar refractivity (Wildman–Crippen MR) is 83.3 cm³/mol. The van der Waals surface area contributed by atoms with Crippen LogP contribution in [0, 0.1) is 0 Å². The van der Waals surface area contributed by atoms with Crippen LogP contribution in [0.25, 0.3) is 16.8 Å². The highest BCUT2D eigenvalue weighted by Crippen LogP contribution is 2.26. The molecule has 0 aliphatic carbocycles. The fourth-order valence-electron chi connectivity index (χ4n) is 2.34. The van der Waals surface area contributed by atoms with E-state index in [-0.39, 0.29) is 5.75 Å². The van der Waals surface area contributed by atoms with E-state index in [1.54, 1.807) is 29.0 Å². The summed E-state index contributed by atoms with van der Waals surface area (Å²) >= 11 is 0. The van der Waals surface area contributed by atoms with Gasteiger partial charge in [0.1, 0.15) is 12.0 Å². The van der Waals surface area contributed by atoms with E-state index in [4.69, 9.17) is 0 Å². The van der Waals surface area contributed by atoms with Crippen molar-refractivity contribution in [3.8, 4) is 22.6 Å². The number of benzene rings is 2. The Balaban J connectivity index is 1.83. The van der Waals surface area contributed by atoms with Crippen LogP contribution in [0.5, 0.6) is 5.75 Å². The molecule has 0 bridgehead atoms. The molecule has 0 saturated heterocycles. The van der Waals surface area contributed by atoms with Crippen molar-refractivity contribution in [1.82, 2.24) is 4.57 Å². The summed E-state index contributed by atoms with van der Waals surface area (Å²) in [4.78, 5) is 10.9. The second kappa shape index (κ2) is 6.23. The summed E-state index contributed by atoms with van der Waals surface area (Å²) in [6.45, 7) is 0. The first kappa shape index (κ1) is 15.9. The Morgan fingerprint density at radius 2 is 1.71 bits per heavy atom. The van der Waals surface area contributed by atoms with E-state index in [0.29, 0.717) is 11.3 Å². The van der Waals surface area contributed by atoms with Gasteiger partial charge in [-0.15, -0.1) is 13.2 Å². The number of nitrogens with zero attached hydrogens (tertiary/aromatic N) is 1. The molecule has 6 heteroatoms. The molecule has 0 atom stereocenters. The number of alkyl halides is 3. The molecule has 1 aromatic heterocycles. The molecule has 0 aliphatic rings. The molecule has 3 aromatic rings. The number of ether oxygens (including phenoxy) is 1. The van der Waals surface area contributed by atoms with Crippen molar-refractivity contribution in [2.45, 2.75) is 6.36 Å². The quantitative estimate of drug-likeness (QED) is 0.640. The van der Waals surface area contributed by atoms with Crippen molar-refractivity contribution >= 4 is 6.29 Å². The molecule has 1 heterocycles. The molecule has 122 valence electrons. The van der Waals surface area contributed by atoms with Gasteiger partial charge in [0, 0.05) is 23.6 Å². The normalized spacial score (nSPS) is 11.3. The molecule has 3 nitrogen and oxygen atoms in total. The number of carbonyl (C=O) groups is 1. The molecule has 0 spiro atoms. The van der Waals surface area contributed by atoms with Crippen LogP contribution in [0.2, 0.25) is 0 Å². The lowest BCUT2D eigenvalue weighted by Gasteiger charge is -2.09. The summed E-state index contributed by atoms with van der Waals surface area (Å²) in [7, 11) is 0. The molecule has 0 radical (unpaired) electrons. The van der Waals surface area contributed by atoms with Crippen LogP contribution in [-0.4, -0.2) is 17.2 Å². The average Bonchev–Trinajstić information content (AvgIpc) is 3.04. The molecule has 0 aliphatic heterocycles. The van der Waals surface area contributed by atoms with Crippen molar-refractivity contribution in [2.75, 3.05) is 0 Å². The summed E-state index contributed by atoms with van der Waals surface area (Å²) in [6.07, 6.45) is -0.294. The molecule has 2 aromatic carbocycles. The molecule has 0 saturated carbocycles. The third-order valence-corrected chi connectivity index (χ3v) is 3.42. The molecule has 0 fully saturated rings. The Morgan fingerprint density at radius 3 is 2.38 bits per heavy atom. The standard InChI is InChI=1S/C18H12F3NO2/c19-18(20,21)24-17-6-4-16(5-7-17)22-9-8-15(11-22)14-3-1-2-13(10-14)12-23/h1-12H. The molecule has 24 heavy (non-hydrogen) atoms. The number of halogens is 3. The highest BCUT2D eigenvalue weighted by atomic mass is 19.4. The number of rotatable bonds is 4. The average molecular weight is 331 g/mol. The lowest BCUT2D eigenvalue weighted by atomic mass is 10.1. The zero-order valence-electron chi connectivity index (χ0n) is 12.3. The fraction of sp³-hybridized carbons (Fsp3) is 0.0556. The molecule has 0 N–H and O–H groups in total. The van der Waals surface area contributed by atoms with E-state index in [0.717, 1.165) is 17.4 Å². The summed E-state index contributed by atoms with van der Waals surface area (Å²) in [5.41, 5.74) is 3.06. The second-order valence-corrected chi connectivity index (χ2v) is 5.09. The highest BCUT2D eigenvalue weighted by Gasteiger charge is 2.30. The lowest BCUT2D eigenvalue weighted by molar-refractivity contribution is -0.274. The molecule has 0 amide bonds. The van der Waals surface area contributed by atoms with Crippen LogP contribution in [0.15, 0.2) is 67.0 Å². The Hall–Kier alpha value is -3.02. The van der Waals surface area contributed by atoms with Crippen LogP contribution in [0.3, 0.4) is 0 Å². The Morgan fingerprint density at radius 1 is 0.958 bits per heavy atom. The van der Waals surface area contributed by atoms with E-state index >= 15 is 0 Å². The minimum absolute atomic E-state index is 0.266. The smallest absolute Gasteiger partial charge is 0.406 e. The van der Waals surface area contributed by atoms with Gasteiger partial charge in [-0.05, 0) is 47.5 Å². The van der Waals surface area contributed by atoms with E-state index in [2.05, 4.69) is 4.74 Å². The van der Waals surface area contributed by atoms with Gasteiger partial charge in [-0.2, -0.15) is 0 Å². The maximum absolute atomic E-state index is 12.2. The summed E-state index contributed by atoms with van der Waals surface area (Å²) in [5.74, 6) is -0.266. The zero-order valence-corrected chi connectivity index (χ0v) is 12.3. The first-order valence-electron chi connectivity index (χ1n) is 7.04. The highest BCUT2D eigenvalue weighted by molar-refractivity contribution is 5.78. The van der Waals surface area contributed by atoms with Crippen molar-refractivity contribution in [2.24, 2.45) is 0 Å². The number of hydrogen-bond donors (Lipinski definition) is 0. The van der Waals surface area contributed by atoms with Gasteiger partial charge in [0.15, 0.2) is 0 Å². The minimum atomic E-state index is -4.70. The second-order valence-electron chi connectivity index (χ2n) is 5.09. The van der Waals surface area contributed by atoms with Crippen LogP contribution < -0.4 is 4.74 Å². The van der Waals surface area contributed by atoms with Crippen molar-refractivity contribution in [3.05, 3.63) is 72.6 Å². The van der Waals surface area contributed by atoms with Gasteiger partial charge in [-0.3, -0.25) is 4.79 Å². The predicted octanol–water partition coefficient (Wildman–Crippen LogP) is 4.86. The van der Waals surface area contributed by atoms with Crippen molar-refractivity contribution in [1.29, 1.82) is 0 Å². The van der Waals surface area contributed by atoms with Gasteiger partial charge in [-0.25, -0.2) is 0 Å². The molecule has 3 rings (SSSR count). The third-order valence-electron chi connectivity index (χ3n) is 3.42. The van der Waals surface area contributed by atoms with Gasteiger partial charge >= 0.3 is 6.36 Å². The number of aromatic nitrogens is 1. The number of aldehydes is 1.